The lowest BCUT2D eigenvalue weighted by Gasteiger charge is -2.29. The van der Waals surface area contributed by atoms with Crippen molar-refractivity contribution in [3.05, 3.63) is 34.9 Å². The maximum absolute atomic E-state index is 12.8. The molecule has 0 radical (unpaired) electrons. The van der Waals surface area contributed by atoms with E-state index in [1.165, 1.54) is 23.1 Å². The molecule has 7 nitrogen and oxygen atoms in total. The van der Waals surface area contributed by atoms with E-state index in [1.807, 2.05) is 13.8 Å². The van der Waals surface area contributed by atoms with E-state index < -0.39 is 5.97 Å². The molecule has 7 heteroatoms. The minimum atomic E-state index is -0.691. The molecule has 0 spiro atoms. The van der Waals surface area contributed by atoms with E-state index in [0.29, 0.717) is 5.56 Å². The minimum Gasteiger partial charge on any atom is -0.452 e. The van der Waals surface area contributed by atoms with Gasteiger partial charge in [0.1, 0.15) is 0 Å². The Kier molecular flexibility index (Phi) is 6.67. The number of amides is 3. The Morgan fingerprint density at radius 1 is 1.07 bits per heavy atom. The summed E-state index contributed by atoms with van der Waals surface area (Å²) >= 11 is 0. The monoisotopic (exact) mass is 400 g/mol. The van der Waals surface area contributed by atoms with Crippen molar-refractivity contribution in [2.24, 2.45) is 0 Å². The molecule has 1 saturated carbocycles. The second-order valence-corrected chi connectivity index (χ2v) is 7.69. The van der Waals surface area contributed by atoms with Crippen molar-refractivity contribution in [2.45, 2.75) is 70.9 Å². The van der Waals surface area contributed by atoms with Crippen LogP contribution in [0.25, 0.3) is 0 Å². The standard InChI is InChI=1S/C22H28N2O5/c1-3-15(4-2)23-19(25)13-29-22(28)14-10-11-17-18(12-14)21(27)24(20(17)26)16-8-6-5-7-9-16/h10-12,15-16H,3-9,13H2,1-2H3,(H,23,25). The number of hydrogen-bond donors (Lipinski definition) is 1. The number of hydrogen-bond acceptors (Lipinski definition) is 5. The van der Waals surface area contributed by atoms with Gasteiger partial charge in [-0.05, 0) is 43.9 Å². The average Bonchev–Trinajstić information content (AvgIpc) is 3.00. The van der Waals surface area contributed by atoms with E-state index >= 15 is 0 Å². The molecule has 1 aromatic carbocycles. The molecule has 1 N–H and O–H groups in total. The van der Waals surface area contributed by atoms with Crippen LogP contribution in [-0.2, 0) is 9.53 Å². The zero-order valence-corrected chi connectivity index (χ0v) is 17.0. The Balaban J connectivity index is 1.66. The van der Waals surface area contributed by atoms with E-state index in [1.54, 1.807) is 0 Å². The number of carbonyl (C=O) groups is 4. The first kappa shape index (κ1) is 21.0. The number of ether oxygens (including phenoxy) is 1. The number of nitrogens with zero attached hydrogens (tertiary/aromatic N) is 1. The van der Waals surface area contributed by atoms with Gasteiger partial charge < -0.3 is 10.1 Å². The molecule has 2 aliphatic rings. The van der Waals surface area contributed by atoms with Gasteiger partial charge in [0.25, 0.3) is 17.7 Å². The van der Waals surface area contributed by atoms with Gasteiger partial charge in [-0.25, -0.2) is 4.79 Å². The van der Waals surface area contributed by atoms with Crippen LogP contribution in [0.1, 0.15) is 89.9 Å². The predicted octanol–water partition coefficient (Wildman–Crippen LogP) is 3.08. The molecule has 1 heterocycles. The van der Waals surface area contributed by atoms with Gasteiger partial charge in [-0.2, -0.15) is 0 Å². The first-order chi connectivity index (χ1) is 14.0. The van der Waals surface area contributed by atoms with Gasteiger partial charge >= 0.3 is 5.97 Å². The van der Waals surface area contributed by atoms with E-state index in [0.717, 1.165) is 44.9 Å². The molecule has 156 valence electrons. The molecule has 0 aromatic heterocycles. The smallest absolute Gasteiger partial charge is 0.338 e. The van der Waals surface area contributed by atoms with Gasteiger partial charge in [0.2, 0.25) is 0 Å². The first-order valence-electron chi connectivity index (χ1n) is 10.4. The number of carbonyl (C=O) groups excluding carboxylic acids is 4. The highest BCUT2D eigenvalue weighted by atomic mass is 16.5. The fourth-order valence-corrected chi connectivity index (χ4v) is 4.03. The summed E-state index contributed by atoms with van der Waals surface area (Å²) in [6, 6.07) is 4.35. The van der Waals surface area contributed by atoms with Crippen molar-refractivity contribution < 1.29 is 23.9 Å². The summed E-state index contributed by atoms with van der Waals surface area (Å²) in [5.41, 5.74) is 0.714. The fourth-order valence-electron chi connectivity index (χ4n) is 4.03. The van der Waals surface area contributed by atoms with Crippen LogP contribution in [0.2, 0.25) is 0 Å². The zero-order chi connectivity index (χ0) is 21.0. The van der Waals surface area contributed by atoms with Gasteiger partial charge in [-0.3, -0.25) is 19.3 Å². The summed E-state index contributed by atoms with van der Waals surface area (Å²) < 4.78 is 5.08. The van der Waals surface area contributed by atoms with E-state index in [9.17, 15) is 19.2 Å². The number of rotatable bonds is 7. The second kappa shape index (κ2) is 9.20. The van der Waals surface area contributed by atoms with Gasteiger partial charge in [0.05, 0.1) is 16.7 Å². The lowest BCUT2D eigenvalue weighted by molar-refractivity contribution is -0.125. The van der Waals surface area contributed by atoms with Crippen LogP contribution in [0, 0.1) is 0 Å². The molecule has 0 atom stereocenters. The van der Waals surface area contributed by atoms with E-state index in [2.05, 4.69) is 5.32 Å². The summed E-state index contributed by atoms with van der Waals surface area (Å²) in [6.45, 7) is 3.56. The zero-order valence-electron chi connectivity index (χ0n) is 17.0. The Labute approximate surface area is 170 Å². The van der Waals surface area contributed by atoms with Crippen LogP contribution in [0.5, 0.6) is 0 Å². The van der Waals surface area contributed by atoms with Gasteiger partial charge in [-0.15, -0.1) is 0 Å². The molecule has 1 fully saturated rings. The quantitative estimate of drug-likeness (QED) is 0.561. The SMILES string of the molecule is CCC(CC)NC(=O)COC(=O)c1ccc2c(c1)C(=O)N(C1CCCCC1)C2=O. The van der Waals surface area contributed by atoms with Crippen LogP contribution in [0.15, 0.2) is 18.2 Å². The number of imide groups is 1. The van der Waals surface area contributed by atoms with Crippen molar-refractivity contribution >= 4 is 23.7 Å². The van der Waals surface area contributed by atoms with Crippen molar-refractivity contribution in [1.82, 2.24) is 10.2 Å². The maximum Gasteiger partial charge on any atom is 0.338 e. The lowest BCUT2D eigenvalue weighted by atomic mass is 9.94. The number of nitrogens with one attached hydrogen (secondary N) is 1. The highest BCUT2D eigenvalue weighted by Crippen LogP contribution is 2.31. The minimum absolute atomic E-state index is 0.0515. The summed E-state index contributed by atoms with van der Waals surface area (Å²) in [4.78, 5) is 51.1. The number of fused-ring (bicyclic) bond motifs is 1. The molecular weight excluding hydrogens is 372 g/mol. The number of benzene rings is 1. The van der Waals surface area contributed by atoms with Crippen molar-refractivity contribution in [1.29, 1.82) is 0 Å². The third kappa shape index (κ3) is 4.49. The summed E-state index contributed by atoms with van der Waals surface area (Å²) in [5.74, 6) is -1.69. The van der Waals surface area contributed by atoms with Crippen molar-refractivity contribution in [3.63, 3.8) is 0 Å². The molecule has 0 bridgehead atoms. The maximum atomic E-state index is 12.8. The average molecular weight is 400 g/mol. The summed E-state index contributed by atoms with van der Waals surface area (Å²) in [7, 11) is 0. The number of esters is 1. The van der Waals surface area contributed by atoms with E-state index in [4.69, 9.17) is 4.74 Å². The molecule has 3 rings (SSSR count). The third-order valence-corrected chi connectivity index (χ3v) is 5.78. The van der Waals surface area contributed by atoms with Crippen LogP contribution in [0.3, 0.4) is 0 Å². The molecule has 1 aromatic rings. The van der Waals surface area contributed by atoms with Gasteiger partial charge in [0.15, 0.2) is 6.61 Å². The molecule has 0 unspecified atom stereocenters. The third-order valence-electron chi connectivity index (χ3n) is 5.78. The van der Waals surface area contributed by atoms with Crippen molar-refractivity contribution in [2.75, 3.05) is 6.61 Å². The van der Waals surface area contributed by atoms with Gasteiger partial charge in [-0.1, -0.05) is 33.1 Å². The van der Waals surface area contributed by atoms with Crippen LogP contribution in [0.4, 0.5) is 0 Å². The summed E-state index contributed by atoms with van der Waals surface area (Å²) in [5, 5.41) is 2.80. The lowest BCUT2D eigenvalue weighted by Crippen LogP contribution is -2.40. The topological polar surface area (TPSA) is 92.8 Å². The van der Waals surface area contributed by atoms with Crippen LogP contribution < -0.4 is 5.32 Å². The molecule has 0 saturated heterocycles. The molecule has 1 aliphatic heterocycles. The fraction of sp³-hybridized carbons (Fsp3) is 0.545. The Hall–Kier alpha value is -2.70. The largest absolute Gasteiger partial charge is 0.452 e. The second-order valence-electron chi connectivity index (χ2n) is 7.69. The Bertz CT molecular complexity index is 809. The van der Waals surface area contributed by atoms with Crippen molar-refractivity contribution in [3.8, 4) is 0 Å². The Morgan fingerprint density at radius 3 is 2.38 bits per heavy atom. The van der Waals surface area contributed by atoms with Crippen LogP contribution in [-0.4, -0.2) is 47.3 Å². The normalized spacial score (nSPS) is 16.9. The highest BCUT2D eigenvalue weighted by Gasteiger charge is 2.40. The predicted molar refractivity (Wildman–Crippen MR) is 107 cm³/mol. The summed E-state index contributed by atoms with van der Waals surface area (Å²) in [6.07, 6.45) is 6.39. The molecular formula is C22H28N2O5. The molecule has 29 heavy (non-hydrogen) atoms. The van der Waals surface area contributed by atoms with E-state index in [-0.39, 0.29) is 47.5 Å². The molecule has 3 amide bonds. The highest BCUT2D eigenvalue weighted by molar-refractivity contribution is 6.22. The first-order valence-corrected chi connectivity index (χ1v) is 10.4. The molecule has 1 aliphatic carbocycles. The Morgan fingerprint density at radius 2 is 1.72 bits per heavy atom. The van der Waals surface area contributed by atoms with Gasteiger partial charge in [0, 0.05) is 12.1 Å². The van der Waals surface area contributed by atoms with Crippen LogP contribution >= 0.6 is 0 Å².